The molecule has 0 aliphatic heterocycles. The van der Waals surface area contributed by atoms with E-state index < -0.39 is 0 Å². The number of ether oxygens (including phenoxy) is 1. The summed E-state index contributed by atoms with van der Waals surface area (Å²) in [6, 6.07) is 11.8. The molecule has 132 valence electrons. The van der Waals surface area contributed by atoms with E-state index in [0.29, 0.717) is 11.3 Å². The Morgan fingerprint density at radius 3 is 2.77 bits per heavy atom. The molecule has 0 saturated heterocycles. The summed E-state index contributed by atoms with van der Waals surface area (Å²) in [5.41, 5.74) is 4.23. The Morgan fingerprint density at radius 2 is 2.08 bits per heavy atom. The standard InChI is InChI=1S/C21H20N2O2S/c1-5-10-23-18-9-8-17(25-4)13-19(18)26-21(23)22-20(24)12-16-7-6-14(2)11-15(16)3/h1,6-9,11,13H,10,12H2,2-4H3. The van der Waals surface area contributed by atoms with Crippen LogP contribution < -0.4 is 9.54 Å². The number of fused-ring (bicyclic) bond motifs is 1. The van der Waals surface area contributed by atoms with Gasteiger partial charge in [0.1, 0.15) is 5.75 Å². The summed E-state index contributed by atoms with van der Waals surface area (Å²) in [5.74, 6) is 3.22. The van der Waals surface area contributed by atoms with Crippen LogP contribution in [-0.2, 0) is 17.8 Å². The minimum absolute atomic E-state index is 0.179. The molecule has 0 spiro atoms. The Morgan fingerprint density at radius 1 is 1.27 bits per heavy atom. The second-order valence-electron chi connectivity index (χ2n) is 6.12. The average molecular weight is 364 g/mol. The number of rotatable bonds is 4. The van der Waals surface area contributed by atoms with Crippen molar-refractivity contribution in [2.24, 2.45) is 4.99 Å². The van der Waals surface area contributed by atoms with Crippen LogP contribution in [0.1, 0.15) is 16.7 Å². The van der Waals surface area contributed by atoms with Crippen LogP contribution in [0.25, 0.3) is 10.2 Å². The highest BCUT2D eigenvalue weighted by atomic mass is 32.1. The Labute approximate surface area is 156 Å². The molecule has 0 aliphatic rings. The quantitative estimate of drug-likeness (QED) is 0.664. The lowest BCUT2D eigenvalue weighted by Gasteiger charge is -2.04. The number of methoxy groups -OCH3 is 1. The van der Waals surface area contributed by atoms with E-state index in [1.807, 2.05) is 48.7 Å². The zero-order valence-corrected chi connectivity index (χ0v) is 15.9. The Bertz CT molecular complexity index is 1080. The molecular weight excluding hydrogens is 344 g/mol. The van der Waals surface area contributed by atoms with Gasteiger partial charge in [0.25, 0.3) is 5.91 Å². The van der Waals surface area contributed by atoms with Crippen molar-refractivity contribution >= 4 is 27.5 Å². The van der Waals surface area contributed by atoms with Crippen LogP contribution in [0.5, 0.6) is 5.75 Å². The lowest BCUT2D eigenvalue weighted by atomic mass is 10.0. The first-order chi connectivity index (χ1) is 12.5. The van der Waals surface area contributed by atoms with Gasteiger partial charge in [-0.05, 0) is 43.2 Å². The normalized spacial score (nSPS) is 11.5. The van der Waals surface area contributed by atoms with Gasteiger partial charge in [0, 0.05) is 0 Å². The molecule has 1 amide bonds. The van der Waals surface area contributed by atoms with Gasteiger partial charge in [-0.1, -0.05) is 41.0 Å². The van der Waals surface area contributed by atoms with Gasteiger partial charge in [0.2, 0.25) is 0 Å². The fraction of sp³-hybridized carbons (Fsp3) is 0.238. The van der Waals surface area contributed by atoms with Gasteiger partial charge in [-0.2, -0.15) is 4.99 Å². The van der Waals surface area contributed by atoms with Crippen molar-refractivity contribution in [3.8, 4) is 18.1 Å². The number of benzene rings is 2. The summed E-state index contributed by atoms with van der Waals surface area (Å²) >= 11 is 1.44. The average Bonchev–Trinajstić information content (AvgIpc) is 2.94. The van der Waals surface area contributed by atoms with Crippen LogP contribution >= 0.6 is 11.3 Å². The van der Waals surface area contributed by atoms with Crippen molar-refractivity contribution in [2.75, 3.05) is 7.11 Å². The third kappa shape index (κ3) is 3.71. The van der Waals surface area contributed by atoms with Crippen molar-refractivity contribution in [3.63, 3.8) is 0 Å². The first-order valence-electron chi connectivity index (χ1n) is 8.26. The second-order valence-corrected chi connectivity index (χ2v) is 7.13. The number of thiazole rings is 1. The molecule has 5 heteroatoms. The molecule has 1 heterocycles. The van der Waals surface area contributed by atoms with Gasteiger partial charge in [-0.15, -0.1) is 6.42 Å². The first-order valence-corrected chi connectivity index (χ1v) is 9.08. The van der Waals surface area contributed by atoms with Gasteiger partial charge >= 0.3 is 0 Å². The fourth-order valence-corrected chi connectivity index (χ4v) is 3.94. The second kappa shape index (κ2) is 7.59. The van der Waals surface area contributed by atoms with E-state index in [-0.39, 0.29) is 12.3 Å². The van der Waals surface area contributed by atoms with Gasteiger partial charge in [-0.3, -0.25) is 4.79 Å². The van der Waals surface area contributed by atoms with Gasteiger partial charge in [0.15, 0.2) is 4.80 Å². The van der Waals surface area contributed by atoms with Crippen molar-refractivity contribution in [3.05, 3.63) is 57.9 Å². The third-order valence-electron chi connectivity index (χ3n) is 4.20. The SMILES string of the molecule is C#CCn1c(=NC(=O)Cc2ccc(C)cc2C)sc2cc(OC)ccc21. The predicted octanol–water partition coefficient (Wildman–Crippen LogP) is 3.63. The molecule has 2 aromatic carbocycles. The maximum Gasteiger partial charge on any atom is 0.252 e. The maximum atomic E-state index is 12.5. The van der Waals surface area contributed by atoms with Crippen LogP contribution in [0.15, 0.2) is 41.4 Å². The maximum absolute atomic E-state index is 12.5. The molecule has 0 atom stereocenters. The van der Waals surface area contributed by atoms with Crippen LogP contribution in [0.3, 0.4) is 0 Å². The van der Waals surface area contributed by atoms with E-state index in [4.69, 9.17) is 11.2 Å². The molecule has 0 fully saturated rings. The van der Waals surface area contributed by atoms with Crippen LogP contribution in [-0.4, -0.2) is 17.6 Å². The molecule has 4 nitrogen and oxygen atoms in total. The highest BCUT2D eigenvalue weighted by molar-refractivity contribution is 7.16. The van der Waals surface area contributed by atoms with Crippen molar-refractivity contribution in [1.82, 2.24) is 4.57 Å². The van der Waals surface area contributed by atoms with Crippen LogP contribution in [0, 0.1) is 26.2 Å². The van der Waals surface area contributed by atoms with Gasteiger partial charge in [-0.25, -0.2) is 0 Å². The van der Waals surface area contributed by atoms with E-state index in [0.717, 1.165) is 27.1 Å². The van der Waals surface area contributed by atoms with Crippen LogP contribution in [0.2, 0.25) is 0 Å². The molecule has 0 aliphatic carbocycles. The minimum atomic E-state index is -0.179. The lowest BCUT2D eigenvalue weighted by molar-refractivity contribution is -0.117. The largest absolute Gasteiger partial charge is 0.497 e. The number of aryl methyl sites for hydroxylation is 2. The van der Waals surface area contributed by atoms with E-state index in [1.54, 1.807) is 7.11 Å². The van der Waals surface area contributed by atoms with E-state index in [2.05, 4.69) is 17.0 Å². The zero-order valence-electron chi connectivity index (χ0n) is 15.1. The van der Waals surface area contributed by atoms with Gasteiger partial charge < -0.3 is 9.30 Å². The topological polar surface area (TPSA) is 43.6 Å². The summed E-state index contributed by atoms with van der Waals surface area (Å²) in [5, 5.41) is 0. The molecule has 0 radical (unpaired) electrons. The van der Waals surface area contributed by atoms with E-state index >= 15 is 0 Å². The van der Waals surface area contributed by atoms with Crippen molar-refractivity contribution in [1.29, 1.82) is 0 Å². The molecule has 26 heavy (non-hydrogen) atoms. The summed E-state index contributed by atoms with van der Waals surface area (Å²) in [6.07, 6.45) is 5.78. The summed E-state index contributed by atoms with van der Waals surface area (Å²) in [4.78, 5) is 17.5. The molecule has 1 aromatic heterocycles. The Hall–Kier alpha value is -2.84. The third-order valence-corrected chi connectivity index (χ3v) is 5.24. The summed E-state index contributed by atoms with van der Waals surface area (Å²) < 4.78 is 8.15. The molecule has 3 rings (SSSR count). The smallest absolute Gasteiger partial charge is 0.252 e. The molecular formula is C21H20N2O2S. The van der Waals surface area contributed by atoms with Crippen molar-refractivity contribution in [2.45, 2.75) is 26.8 Å². The summed E-state index contributed by atoms with van der Waals surface area (Å²) in [6.45, 7) is 4.42. The number of carbonyl (C=O) groups is 1. The lowest BCUT2D eigenvalue weighted by Crippen LogP contribution is -2.17. The van der Waals surface area contributed by atoms with E-state index in [9.17, 15) is 4.79 Å². The van der Waals surface area contributed by atoms with Crippen molar-refractivity contribution < 1.29 is 9.53 Å². The fourth-order valence-electron chi connectivity index (χ4n) is 2.86. The number of aromatic nitrogens is 1. The predicted molar refractivity (Wildman–Crippen MR) is 105 cm³/mol. The van der Waals surface area contributed by atoms with Crippen LogP contribution in [0.4, 0.5) is 0 Å². The number of nitrogens with zero attached hydrogens (tertiary/aromatic N) is 2. The first kappa shape index (κ1) is 18.0. The number of amides is 1. The number of hydrogen-bond donors (Lipinski definition) is 0. The zero-order chi connectivity index (χ0) is 18.7. The number of terminal acetylenes is 1. The minimum Gasteiger partial charge on any atom is -0.497 e. The highest BCUT2D eigenvalue weighted by Crippen LogP contribution is 2.23. The molecule has 0 N–H and O–H groups in total. The number of carbonyl (C=O) groups excluding carboxylic acids is 1. The summed E-state index contributed by atoms with van der Waals surface area (Å²) in [7, 11) is 1.63. The van der Waals surface area contributed by atoms with Gasteiger partial charge in [0.05, 0.1) is 30.3 Å². The molecule has 0 unspecified atom stereocenters. The molecule has 0 bridgehead atoms. The molecule has 3 aromatic rings. The monoisotopic (exact) mass is 364 g/mol. The molecule has 0 saturated carbocycles. The highest BCUT2D eigenvalue weighted by Gasteiger charge is 2.10. The number of hydrogen-bond acceptors (Lipinski definition) is 3. The Kier molecular flexibility index (Phi) is 5.24. The Balaban J connectivity index is 2.01. The van der Waals surface area contributed by atoms with E-state index in [1.165, 1.54) is 16.9 Å².